The Bertz CT molecular complexity index is 315. The van der Waals surface area contributed by atoms with Crippen molar-refractivity contribution < 1.29 is 5.11 Å². The topological polar surface area (TPSA) is 38.0 Å². The molecule has 1 heterocycles. The van der Waals surface area contributed by atoms with Crippen molar-refractivity contribution in [1.29, 1.82) is 0 Å². The highest BCUT2D eigenvalue weighted by molar-refractivity contribution is 5.07. The molecule has 1 aromatic rings. The van der Waals surface area contributed by atoms with Gasteiger partial charge in [0.1, 0.15) is 0 Å². The smallest absolute Gasteiger partial charge is 0.0820 e. The van der Waals surface area contributed by atoms with Crippen LogP contribution in [0, 0.1) is 5.92 Å². The van der Waals surface area contributed by atoms with Crippen molar-refractivity contribution in [2.45, 2.75) is 58.1 Å². The molecule has 3 heteroatoms. The van der Waals surface area contributed by atoms with E-state index in [9.17, 15) is 5.11 Å². The van der Waals surface area contributed by atoms with Crippen molar-refractivity contribution >= 4 is 0 Å². The summed E-state index contributed by atoms with van der Waals surface area (Å²) < 4.78 is 1.87. The molecule has 1 aliphatic rings. The first kappa shape index (κ1) is 11.6. The second-order valence-corrected chi connectivity index (χ2v) is 4.87. The summed E-state index contributed by atoms with van der Waals surface area (Å²) in [5, 5.41) is 14.2. The molecule has 1 atom stereocenters. The fourth-order valence-electron chi connectivity index (χ4n) is 2.58. The Kier molecular flexibility index (Phi) is 3.99. The fraction of sp³-hybridized carbons (Fsp3) is 0.769. The summed E-state index contributed by atoms with van der Waals surface area (Å²) in [7, 11) is 0. The van der Waals surface area contributed by atoms with E-state index in [0.29, 0.717) is 0 Å². The van der Waals surface area contributed by atoms with Crippen molar-refractivity contribution in [3.05, 3.63) is 18.0 Å². The first-order valence-electron chi connectivity index (χ1n) is 6.50. The van der Waals surface area contributed by atoms with Gasteiger partial charge < -0.3 is 5.11 Å². The van der Waals surface area contributed by atoms with E-state index in [2.05, 4.69) is 12.0 Å². The zero-order chi connectivity index (χ0) is 11.4. The quantitative estimate of drug-likeness (QED) is 0.831. The summed E-state index contributed by atoms with van der Waals surface area (Å²) in [5.74, 6) is 0.857. The van der Waals surface area contributed by atoms with Crippen LogP contribution < -0.4 is 0 Å². The zero-order valence-corrected chi connectivity index (χ0v) is 10.1. The highest BCUT2D eigenvalue weighted by Crippen LogP contribution is 2.31. The lowest BCUT2D eigenvalue weighted by Crippen LogP contribution is -2.01. The van der Waals surface area contributed by atoms with Crippen LogP contribution in [0.4, 0.5) is 0 Å². The molecule has 0 spiro atoms. The van der Waals surface area contributed by atoms with Gasteiger partial charge in [0.2, 0.25) is 0 Å². The first-order chi connectivity index (χ1) is 7.79. The Morgan fingerprint density at radius 3 is 2.88 bits per heavy atom. The molecule has 1 fully saturated rings. The number of nitrogens with zero attached hydrogens (tertiary/aromatic N) is 2. The van der Waals surface area contributed by atoms with Gasteiger partial charge in [-0.3, -0.25) is 4.68 Å². The van der Waals surface area contributed by atoms with Crippen LogP contribution in [0.2, 0.25) is 0 Å². The van der Waals surface area contributed by atoms with E-state index >= 15 is 0 Å². The number of hydrogen-bond donors (Lipinski definition) is 1. The summed E-state index contributed by atoms with van der Waals surface area (Å²) >= 11 is 0. The van der Waals surface area contributed by atoms with Crippen molar-refractivity contribution in [3.63, 3.8) is 0 Å². The molecular formula is C13H22N2O. The molecule has 0 amide bonds. The molecule has 1 aromatic heterocycles. The molecule has 0 radical (unpaired) electrons. The lowest BCUT2D eigenvalue weighted by molar-refractivity contribution is 0.157. The van der Waals surface area contributed by atoms with E-state index in [1.807, 2.05) is 10.9 Å². The monoisotopic (exact) mass is 222 g/mol. The zero-order valence-electron chi connectivity index (χ0n) is 10.1. The number of aliphatic hydroxyl groups is 1. The van der Waals surface area contributed by atoms with Crippen LogP contribution in [-0.2, 0) is 6.54 Å². The molecular weight excluding hydrogens is 200 g/mol. The molecule has 1 unspecified atom stereocenters. The molecule has 0 aromatic carbocycles. The lowest BCUT2D eigenvalue weighted by atomic mass is 9.98. The Hall–Kier alpha value is -0.830. The summed E-state index contributed by atoms with van der Waals surface area (Å²) in [6, 6.07) is 0. The predicted molar refractivity (Wildman–Crippen MR) is 64.1 cm³/mol. The maximum atomic E-state index is 10.0. The van der Waals surface area contributed by atoms with E-state index in [-0.39, 0.29) is 6.10 Å². The van der Waals surface area contributed by atoms with Gasteiger partial charge >= 0.3 is 0 Å². The van der Waals surface area contributed by atoms with Gasteiger partial charge in [-0.05, 0) is 25.7 Å². The molecule has 1 aliphatic carbocycles. The van der Waals surface area contributed by atoms with Crippen molar-refractivity contribution in [1.82, 2.24) is 9.78 Å². The Balaban J connectivity index is 1.80. The van der Waals surface area contributed by atoms with Crippen LogP contribution in [0.5, 0.6) is 0 Å². The predicted octanol–water partition coefficient (Wildman–Crippen LogP) is 2.91. The lowest BCUT2D eigenvalue weighted by Gasteiger charge is -2.12. The number of hydrogen-bond acceptors (Lipinski definition) is 2. The number of aromatic nitrogens is 2. The standard InChI is InChI=1S/C13H22N2O/c1-2-15-10-12(9-14-15)13(16)8-7-11-5-3-4-6-11/h9-11,13,16H,2-8H2,1H3. The number of aliphatic hydroxyl groups excluding tert-OH is 1. The van der Waals surface area contributed by atoms with Crippen LogP contribution in [0.3, 0.4) is 0 Å². The second kappa shape index (κ2) is 5.48. The van der Waals surface area contributed by atoms with Gasteiger partial charge in [0.05, 0.1) is 12.3 Å². The molecule has 0 bridgehead atoms. The molecule has 1 N–H and O–H groups in total. The first-order valence-corrected chi connectivity index (χ1v) is 6.50. The maximum Gasteiger partial charge on any atom is 0.0820 e. The minimum atomic E-state index is -0.319. The van der Waals surface area contributed by atoms with Gasteiger partial charge in [-0.1, -0.05) is 25.7 Å². The Labute approximate surface area is 97.5 Å². The minimum Gasteiger partial charge on any atom is -0.388 e. The van der Waals surface area contributed by atoms with Gasteiger partial charge in [0.25, 0.3) is 0 Å². The molecule has 0 aliphatic heterocycles. The van der Waals surface area contributed by atoms with E-state index in [1.165, 1.54) is 32.1 Å². The SMILES string of the molecule is CCn1cc(C(O)CCC2CCCC2)cn1. The molecule has 16 heavy (non-hydrogen) atoms. The summed E-state index contributed by atoms with van der Waals surface area (Å²) in [6.45, 7) is 2.93. The van der Waals surface area contributed by atoms with Crippen LogP contribution in [0.1, 0.15) is 57.1 Å². The third-order valence-electron chi connectivity index (χ3n) is 3.69. The van der Waals surface area contributed by atoms with Gasteiger partial charge in [-0.15, -0.1) is 0 Å². The molecule has 3 nitrogen and oxygen atoms in total. The van der Waals surface area contributed by atoms with Crippen LogP contribution in [0.25, 0.3) is 0 Å². The van der Waals surface area contributed by atoms with Gasteiger partial charge in [-0.25, -0.2) is 0 Å². The van der Waals surface area contributed by atoms with Gasteiger partial charge in [0, 0.05) is 18.3 Å². The minimum absolute atomic E-state index is 0.319. The molecule has 1 saturated carbocycles. The maximum absolute atomic E-state index is 10.0. The number of aryl methyl sites for hydroxylation is 1. The van der Waals surface area contributed by atoms with Crippen molar-refractivity contribution in [2.24, 2.45) is 5.92 Å². The van der Waals surface area contributed by atoms with E-state index in [4.69, 9.17) is 0 Å². The van der Waals surface area contributed by atoms with Crippen LogP contribution >= 0.6 is 0 Å². The average molecular weight is 222 g/mol. The van der Waals surface area contributed by atoms with E-state index in [1.54, 1.807) is 6.20 Å². The summed E-state index contributed by atoms with van der Waals surface area (Å²) in [6.07, 6.45) is 11.0. The second-order valence-electron chi connectivity index (χ2n) is 4.87. The van der Waals surface area contributed by atoms with Crippen LogP contribution in [0.15, 0.2) is 12.4 Å². The van der Waals surface area contributed by atoms with Crippen molar-refractivity contribution in [3.8, 4) is 0 Å². The fourth-order valence-corrected chi connectivity index (χ4v) is 2.58. The highest BCUT2D eigenvalue weighted by Gasteiger charge is 2.17. The normalized spacial score (nSPS) is 19.1. The largest absolute Gasteiger partial charge is 0.388 e. The van der Waals surface area contributed by atoms with Gasteiger partial charge in [0.15, 0.2) is 0 Å². The molecule has 0 saturated heterocycles. The number of rotatable bonds is 5. The molecule has 90 valence electrons. The summed E-state index contributed by atoms with van der Waals surface area (Å²) in [4.78, 5) is 0. The Morgan fingerprint density at radius 1 is 1.50 bits per heavy atom. The average Bonchev–Trinajstić information content (AvgIpc) is 2.96. The third kappa shape index (κ3) is 2.85. The van der Waals surface area contributed by atoms with Crippen LogP contribution in [-0.4, -0.2) is 14.9 Å². The third-order valence-corrected chi connectivity index (χ3v) is 3.69. The molecule has 2 rings (SSSR count). The highest BCUT2D eigenvalue weighted by atomic mass is 16.3. The Morgan fingerprint density at radius 2 is 2.25 bits per heavy atom. The van der Waals surface area contributed by atoms with Gasteiger partial charge in [-0.2, -0.15) is 5.10 Å². The van der Waals surface area contributed by atoms with Crippen molar-refractivity contribution in [2.75, 3.05) is 0 Å². The van der Waals surface area contributed by atoms with E-state index in [0.717, 1.165) is 24.4 Å². The van der Waals surface area contributed by atoms with E-state index < -0.39 is 0 Å². The summed E-state index contributed by atoms with van der Waals surface area (Å²) in [5.41, 5.74) is 0.972.